The predicted octanol–water partition coefficient (Wildman–Crippen LogP) is 8.23. The van der Waals surface area contributed by atoms with Crippen molar-refractivity contribution in [2.24, 2.45) is 46.3 Å². The summed E-state index contributed by atoms with van der Waals surface area (Å²) in [4.78, 5) is 0. The second kappa shape index (κ2) is 9.12. The molecule has 4 aliphatic carbocycles. The van der Waals surface area contributed by atoms with Gasteiger partial charge in [-0.25, -0.2) is 0 Å². The van der Waals surface area contributed by atoms with Crippen molar-refractivity contribution in [3.8, 4) is 0 Å². The van der Waals surface area contributed by atoms with Crippen LogP contribution in [0.25, 0.3) is 0 Å². The van der Waals surface area contributed by atoms with Crippen LogP contribution in [0.3, 0.4) is 0 Å². The van der Waals surface area contributed by atoms with E-state index in [4.69, 9.17) is 0 Å². The molecule has 8 atom stereocenters. The molecule has 0 aliphatic heterocycles. The van der Waals surface area contributed by atoms with Crippen molar-refractivity contribution in [2.45, 2.75) is 117 Å². The Morgan fingerprint density at radius 3 is 2.52 bits per heavy atom. The summed E-state index contributed by atoms with van der Waals surface area (Å²) in [5.41, 5.74) is 1.36. The highest BCUT2D eigenvalue weighted by Crippen LogP contribution is 2.69. The Balaban J connectivity index is 1.44. The maximum Gasteiger partial charge on any atom is 0.147 e. The van der Waals surface area contributed by atoms with Crippen LogP contribution in [-0.2, 0) is 0 Å². The molecule has 164 valence electrons. The lowest BCUT2D eigenvalue weighted by molar-refractivity contribution is -0.135. The van der Waals surface area contributed by atoms with Crippen LogP contribution in [0.2, 0.25) is 6.32 Å². The van der Waals surface area contributed by atoms with Crippen LogP contribution in [-0.4, -0.2) is 7.28 Å². The minimum Gasteiger partial charge on any atom is -0.123 e. The van der Waals surface area contributed by atoms with Gasteiger partial charge < -0.3 is 0 Å². The summed E-state index contributed by atoms with van der Waals surface area (Å²) in [5.74, 6) is 8.75. The van der Waals surface area contributed by atoms with E-state index in [1.54, 1.807) is 44.9 Å². The molecule has 0 spiro atoms. The van der Waals surface area contributed by atoms with Crippen LogP contribution in [0.4, 0.5) is 0 Å². The van der Waals surface area contributed by atoms with Gasteiger partial charge in [0.15, 0.2) is 0 Å². The SMILES string of the molecule is CCC/C=C/BCCC1CCC2C3C[C@H](CC)C4CCCCC4(C)C3CCC12C. The molecule has 0 radical (unpaired) electrons. The predicted molar refractivity (Wildman–Crippen MR) is 130 cm³/mol. The van der Waals surface area contributed by atoms with Crippen molar-refractivity contribution in [2.75, 3.05) is 0 Å². The number of unbranched alkanes of at least 4 members (excludes halogenated alkanes) is 1. The minimum absolute atomic E-state index is 0.671. The van der Waals surface area contributed by atoms with Gasteiger partial charge in [-0.3, -0.25) is 0 Å². The van der Waals surface area contributed by atoms with Gasteiger partial charge >= 0.3 is 0 Å². The summed E-state index contributed by atoms with van der Waals surface area (Å²) >= 11 is 0. The molecule has 29 heavy (non-hydrogen) atoms. The molecule has 0 aromatic heterocycles. The average molecular weight is 397 g/mol. The number of fused-ring (bicyclic) bond motifs is 5. The number of rotatable bonds is 7. The van der Waals surface area contributed by atoms with Gasteiger partial charge in [0.25, 0.3) is 0 Å². The van der Waals surface area contributed by atoms with E-state index in [1.165, 1.54) is 52.1 Å². The summed E-state index contributed by atoms with van der Waals surface area (Å²) < 4.78 is 0. The highest BCUT2D eigenvalue weighted by Gasteiger charge is 2.60. The average Bonchev–Trinajstić information content (AvgIpc) is 3.06. The Hall–Kier alpha value is -0.195. The van der Waals surface area contributed by atoms with Gasteiger partial charge in [0, 0.05) is 0 Å². The van der Waals surface area contributed by atoms with Crippen molar-refractivity contribution in [3.63, 3.8) is 0 Å². The molecule has 0 saturated heterocycles. The quantitative estimate of drug-likeness (QED) is 0.300. The molecule has 4 rings (SSSR count). The van der Waals surface area contributed by atoms with E-state index in [-0.39, 0.29) is 0 Å². The van der Waals surface area contributed by atoms with Crippen molar-refractivity contribution in [3.05, 3.63) is 12.1 Å². The Labute approximate surface area is 183 Å². The first-order valence-electron chi connectivity index (χ1n) is 13.7. The lowest BCUT2D eigenvalue weighted by atomic mass is 9.42. The third-order valence-electron chi connectivity index (χ3n) is 11.0. The topological polar surface area (TPSA) is 0 Å². The fraction of sp³-hybridized carbons (Fsp3) is 0.929. The Bertz CT molecular complexity index is 567. The first-order valence-corrected chi connectivity index (χ1v) is 13.7. The molecule has 0 bridgehead atoms. The van der Waals surface area contributed by atoms with Crippen molar-refractivity contribution in [1.29, 1.82) is 0 Å². The van der Waals surface area contributed by atoms with E-state index in [0.717, 1.165) is 35.5 Å². The van der Waals surface area contributed by atoms with Crippen LogP contribution in [0.5, 0.6) is 0 Å². The minimum atomic E-state index is 0.671. The van der Waals surface area contributed by atoms with Crippen LogP contribution in [0.1, 0.15) is 111 Å². The van der Waals surface area contributed by atoms with E-state index in [2.05, 4.69) is 39.7 Å². The smallest absolute Gasteiger partial charge is 0.123 e. The monoisotopic (exact) mass is 396 g/mol. The fourth-order valence-corrected chi connectivity index (χ4v) is 9.49. The van der Waals surface area contributed by atoms with Crippen molar-refractivity contribution in [1.82, 2.24) is 0 Å². The molecule has 0 amide bonds. The van der Waals surface area contributed by atoms with Gasteiger partial charge in [-0.05, 0) is 97.7 Å². The molecule has 1 heteroatoms. The molecule has 4 fully saturated rings. The Morgan fingerprint density at radius 1 is 0.897 bits per heavy atom. The first kappa shape index (κ1) is 22.0. The number of allylic oxidation sites excluding steroid dienone is 1. The number of hydrogen-bond donors (Lipinski definition) is 0. The number of hydrogen-bond acceptors (Lipinski definition) is 0. The molecular weight excluding hydrogens is 347 g/mol. The normalized spacial score (nSPS) is 46.9. The van der Waals surface area contributed by atoms with E-state index in [9.17, 15) is 0 Å². The molecule has 0 N–H and O–H groups in total. The second-order valence-electron chi connectivity index (χ2n) is 12.1. The Morgan fingerprint density at radius 2 is 1.72 bits per heavy atom. The van der Waals surface area contributed by atoms with E-state index >= 15 is 0 Å². The molecule has 0 aromatic carbocycles. The summed E-state index contributed by atoms with van der Waals surface area (Å²) in [6.07, 6.45) is 23.3. The Kier molecular flexibility index (Phi) is 6.92. The summed E-state index contributed by atoms with van der Waals surface area (Å²) in [6.45, 7) is 10.3. The third kappa shape index (κ3) is 3.91. The summed E-state index contributed by atoms with van der Waals surface area (Å²) in [6, 6.07) is 0. The molecule has 4 saturated carbocycles. The molecule has 0 nitrogen and oxygen atoms in total. The molecule has 0 aromatic rings. The molecule has 7 unspecified atom stereocenters. The lowest BCUT2D eigenvalue weighted by Gasteiger charge is -2.62. The maximum atomic E-state index is 2.76. The largest absolute Gasteiger partial charge is 0.147 e. The van der Waals surface area contributed by atoms with Crippen LogP contribution in [0.15, 0.2) is 12.1 Å². The molecule has 0 heterocycles. The van der Waals surface area contributed by atoms with Gasteiger partial charge in [0.05, 0.1) is 0 Å². The second-order valence-corrected chi connectivity index (χ2v) is 12.1. The van der Waals surface area contributed by atoms with Crippen molar-refractivity contribution >= 4 is 7.28 Å². The highest BCUT2D eigenvalue weighted by atomic mass is 14.7. The standard InChI is InChI=1S/C28H49B/c1-5-7-10-18-29-19-15-22-12-13-25-23-20-21(6-2)24-11-8-9-16-28(24,4)26(23)14-17-27(22,25)3/h10,18,21-26,29H,5-9,11-17,19-20H2,1-4H3/b18-10+/t21-,22?,23?,24?,25?,26?,27?,28?/m0/s1. The first-order chi connectivity index (χ1) is 14.0. The van der Waals surface area contributed by atoms with Gasteiger partial charge in [-0.15, -0.1) is 5.98 Å². The third-order valence-corrected chi connectivity index (χ3v) is 11.0. The summed E-state index contributed by atoms with van der Waals surface area (Å²) in [7, 11) is 1.32. The van der Waals surface area contributed by atoms with Crippen LogP contribution < -0.4 is 0 Å². The van der Waals surface area contributed by atoms with Gasteiger partial charge in [0.2, 0.25) is 0 Å². The zero-order valence-electron chi connectivity index (χ0n) is 20.2. The maximum absolute atomic E-state index is 2.76. The van der Waals surface area contributed by atoms with Gasteiger partial charge in [0.1, 0.15) is 7.28 Å². The lowest BCUT2D eigenvalue weighted by Crippen LogP contribution is -2.55. The van der Waals surface area contributed by atoms with Crippen LogP contribution >= 0.6 is 0 Å². The van der Waals surface area contributed by atoms with E-state index < -0.39 is 0 Å². The highest BCUT2D eigenvalue weighted by molar-refractivity contribution is 6.41. The molecule has 4 aliphatic rings. The van der Waals surface area contributed by atoms with E-state index in [0.29, 0.717) is 10.8 Å². The van der Waals surface area contributed by atoms with Crippen LogP contribution in [0, 0.1) is 46.3 Å². The molecular formula is C28H49B. The van der Waals surface area contributed by atoms with Gasteiger partial charge in [-0.2, -0.15) is 0 Å². The van der Waals surface area contributed by atoms with Gasteiger partial charge in [-0.1, -0.05) is 72.2 Å². The van der Waals surface area contributed by atoms with E-state index in [1.807, 2.05) is 0 Å². The fourth-order valence-electron chi connectivity index (χ4n) is 9.49. The zero-order valence-corrected chi connectivity index (χ0v) is 20.2. The van der Waals surface area contributed by atoms with Crippen molar-refractivity contribution < 1.29 is 0 Å². The zero-order chi connectivity index (χ0) is 20.5. The summed E-state index contributed by atoms with van der Waals surface area (Å²) in [5, 5.41) is 0.